The number of hydrogen-bond donors (Lipinski definition) is 0. The zero-order valence-electron chi connectivity index (χ0n) is 18.4. The van der Waals surface area contributed by atoms with Crippen LogP contribution in [-0.2, 0) is 19.2 Å². The van der Waals surface area contributed by atoms with E-state index in [4.69, 9.17) is 25.9 Å². The van der Waals surface area contributed by atoms with Crippen molar-refractivity contribution < 1.29 is 23.9 Å². The van der Waals surface area contributed by atoms with E-state index >= 15 is 0 Å². The fourth-order valence-electron chi connectivity index (χ4n) is 3.40. The summed E-state index contributed by atoms with van der Waals surface area (Å²) in [6.07, 6.45) is 11.3. The molecule has 0 bridgehead atoms. The first kappa shape index (κ1) is 25.2. The van der Waals surface area contributed by atoms with Gasteiger partial charge in [0.05, 0.1) is 11.8 Å². The Kier molecular flexibility index (Phi) is 12.1. The molecule has 1 aliphatic rings. The number of nitrogens with zero attached hydrogens (tertiary/aromatic N) is 1. The summed E-state index contributed by atoms with van der Waals surface area (Å²) in [4.78, 5) is 29.0. The molecule has 0 aliphatic carbocycles. The van der Waals surface area contributed by atoms with Crippen molar-refractivity contribution in [2.45, 2.75) is 90.1 Å². The minimum Gasteiger partial charge on any atom is -0.482 e. The lowest BCUT2D eigenvalue weighted by molar-refractivity contribution is -0.148. The number of carbonyl (C=O) groups excluding carboxylic acids is 2. The minimum absolute atomic E-state index is 0.135. The Morgan fingerprint density at radius 2 is 1.61 bits per heavy atom. The van der Waals surface area contributed by atoms with Crippen LogP contribution in [0, 0.1) is 0 Å². The van der Waals surface area contributed by atoms with Crippen LogP contribution in [0.3, 0.4) is 0 Å². The van der Waals surface area contributed by atoms with Crippen molar-refractivity contribution >= 4 is 29.3 Å². The Balaban J connectivity index is 1.84. The molecule has 1 atom stereocenters. The van der Waals surface area contributed by atoms with Crippen molar-refractivity contribution in [3.8, 4) is 5.75 Å². The minimum atomic E-state index is -0.561. The molecule has 2 rings (SSSR count). The Hall–Kier alpha value is -2.08. The average Bonchev–Trinajstić information content (AvgIpc) is 2.75. The molecule has 6 nitrogen and oxygen atoms in total. The lowest BCUT2D eigenvalue weighted by Crippen LogP contribution is -2.17. The van der Waals surface area contributed by atoms with Gasteiger partial charge in [-0.1, -0.05) is 55.3 Å². The van der Waals surface area contributed by atoms with Crippen LogP contribution in [0.15, 0.2) is 29.4 Å². The third-order valence-electron chi connectivity index (χ3n) is 5.22. The fraction of sp³-hybridized carbons (Fsp3) is 0.625. The first-order valence-electron chi connectivity index (χ1n) is 11.4. The summed E-state index contributed by atoms with van der Waals surface area (Å²) >= 11 is 5.83. The summed E-state index contributed by atoms with van der Waals surface area (Å²) in [5.41, 5.74) is 0.815. The van der Waals surface area contributed by atoms with Gasteiger partial charge in [0.25, 0.3) is 0 Å². The zero-order chi connectivity index (χ0) is 22.3. The van der Waals surface area contributed by atoms with E-state index in [-0.39, 0.29) is 18.7 Å². The van der Waals surface area contributed by atoms with Crippen LogP contribution in [0.2, 0.25) is 5.02 Å². The molecule has 1 saturated heterocycles. The van der Waals surface area contributed by atoms with Gasteiger partial charge in [0.2, 0.25) is 0 Å². The number of rotatable bonds is 4. The standard InChI is InChI=1S/C24H34ClNO5/c1-19-12-15-21(10-8-6-4-2-3-5-7-9-11-23(27)30-19)26-31-24(28)18-29-22-16-13-20(25)14-17-22/h13-14,16-17,19H,2-12,15,18H2,1H3/b26-21-. The van der Waals surface area contributed by atoms with Gasteiger partial charge in [-0.05, 0) is 63.3 Å². The van der Waals surface area contributed by atoms with Crippen LogP contribution in [0.4, 0.5) is 0 Å². The van der Waals surface area contributed by atoms with Gasteiger partial charge in [-0.2, -0.15) is 0 Å². The Bertz CT molecular complexity index is 704. The van der Waals surface area contributed by atoms with Crippen molar-refractivity contribution in [2.24, 2.45) is 5.16 Å². The topological polar surface area (TPSA) is 74.2 Å². The van der Waals surface area contributed by atoms with Crippen LogP contribution in [0.25, 0.3) is 0 Å². The van der Waals surface area contributed by atoms with E-state index in [1.165, 1.54) is 25.7 Å². The van der Waals surface area contributed by atoms with E-state index < -0.39 is 5.97 Å². The number of benzene rings is 1. The first-order valence-corrected chi connectivity index (χ1v) is 11.7. The van der Waals surface area contributed by atoms with Crippen LogP contribution in [-0.4, -0.2) is 30.4 Å². The number of esters is 1. The van der Waals surface area contributed by atoms with Gasteiger partial charge in [-0.15, -0.1) is 0 Å². The fourth-order valence-corrected chi connectivity index (χ4v) is 3.53. The molecule has 1 fully saturated rings. The zero-order valence-corrected chi connectivity index (χ0v) is 19.2. The first-order chi connectivity index (χ1) is 15.0. The lowest BCUT2D eigenvalue weighted by atomic mass is 10.0. The van der Waals surface area contributed by atoms with Crippen molar-refractivity contribution in [1.29, 1.82) is 0 Å². The van der Waals surface area contributed by atoms with Gasteiger partial charge in [0, 0.05) is 11.4 Å². The molecule has 0 N–H and O–H groups in total. The van der Waals surface area contributed by atoms with Crippen LogP contribution < -0.4 is 4.74 Å². The van der Waals surface area contributed by atoms with Crippen LogP contribution in [0.1, 0.15) is 84.0 Å². The molecule has 172 valence electrons. The highest BCUT2D eigenvalue weighted by Gasteiger charge is 2.13. The number of hydrogen-bond acceptors (Lipinski definition) is 6. The summed E-state index contributed by atoms with van der Waals surface area (Å²) in [6.45, 7) is 1.66. The van der Waals surface area contributed by atoms with Crippen LogP contribution in [0.5, 0.6) is 5.75 Å². The molecule has 0 amide bonds. The second-order valence-electron chi connectivity index (χ2n) is 8.03. The number of ether oxygens (including phenoxy) is 2. The molecular formula is C24H34ClNO5. The number of oxime groups is 1. The van der Waals surface area contributed by atoms with E-state index in [0.717, 1.165) is 37.8 Å². The van der Waals surface area contributed by atoms with Crippen molar-refractivity contribution in [3.63, 3.8) is 0 Å². The van der Waals surface area contributed by atoms with Crippen molar-refractivity contribution in [1.82, 2.24) is 0 Å². The molecule has 1 aliphatic heterocycles. The van der Waals surface area contributed by atoms with Gasteiger partial charge < -0.3 is 14.3 Å². The van der Waals surface area contributed by atoms with Crippen LogP contribution >= 0.6 is 11.6 Å². The van der Waals surface area contributed by atoms with E-state index in [9.17, 15) is 9.59 Å². The van der Waals surface area contributed by atoms with Gasteiger partial charge in [0.1, 0.15) is 5.75 Å². The number of halogens is 1. The molecule has 1 heterocycles. The Morgan fingerprint density at radius 1 is 1.00 bits per heavy atom. The number of cyclic esters (lactones) is 1. The largest absolute Gasteiger partial charge is 0.482 e. The molecule has 1 aromatic rings. The van der Waals surface area contributed by atoms with Crippen molar-refractivity contribution in [2.75, 3.05) is 6.61 Å². The van der Waals surface area contributed by atoms with E-state index in [2.05, 4.69) is 5.16 Å². The summed E-state index contributed by atoms with van der Waals surface area (Å²) in [7, 11) is 0. The molecule has 0 radical (unpaired) electrons. The van der Waals surface area contributed by atoms with Gasteiger partial charge in [-0.25, -0.2) is 4.79 Å². The monoisotopic (exact) mass is 451 g/mol. The van der Waals surface area contributed by atoms with E-state index in [1.54, 1.807) is 24.3 Å². The Labute approximate surface area is 190 Å². The van der Waals surface area contributed by atoms with E-state index in [0.29, 0.717) is 30.0 Å². The highest BCUT2D eigenvalue weighted by atomic mass is 35.5. The van der Waals surface area contributed by atoms with Gasteiger partial charge in [-0.3, -0.25) is 4.79 Å². The predicted molar refractivity (Wildman–Crippen MR) is 121 cm³/mol. The van der Waals surface area contributed by atoms with Gasteiger partial charge in [0.15, 0.2) is 6.61 Å². The SMILES string of the molecule is CC1CC/C(=N\OC(=O)COc2ccc(Cl)cc2)CCCCCCCCCCC(=O)O1. The summed E-state index contributed by atoms with van der Waals surface area (Å²) < 4.78 is 10.9. The maximum absolute atomic E-state index is 12.0. The molecule has 1 unspecified atom stereocenters. The second kappa shape index (κ2) is 14.8. The molecule has 0 spiro atoms. The third kappa shape index (κ3) is 11.8. The van der Waals surface area contributed by atoms with E-state index in [1.807, 2.05) is 6.92 Å². The highest BCUT2D eigenvalue weighted by Crippen LogP contribution is 2.16. The quantitative estimate of drug-likeness (QED) is 0.307. The summed E-state index contributed by atoms with van der Waals surface area (Å²) in [5, 5.41) is 4.69. The predicted octanol–water partition coefficient (Wildman–Crippen LogP) is 6.24. The molecule has 0 saturated carbocycles. The maximum atomic E-state index is 12.0. The normalized spacial score (nSPS) is 21.3. The summed E-state index contributed by atoms with van der Waals surface area (Å²) in [5.74, 6) is -0.160. The lowest BCUT2D eigenvalue weighted by Gasteiger charge is -2.14. The number of carbonyl (C=O) groups is 2. The smallest absolute Gasteiger partial charge is 0.372 e. The molecule has 1 aromatic carbocycles. The highest BCUT2D eigenvalue weighted by molar-refractivity contribution is 6.30. The van der Waals surface area contributed by atoms with Gasteiger partial charge >= 0.3 is 11.9 Å². The average molecular weight is 452 g/mol. The molecule has 7 heteroatoms. The Morgan fingerprint density at radius 3 is 2.29 bits per heavy atom. The molecule has 0 aromatic heterocycles. The third-order valence-corrected chi connectivity index (χ3v) is 5.47. The molecule has 31 heavy (non-hydrogen) atoms. The summed E-state index contributed by atoms with van der Waals surface area (Å²) in [6, 6.07) is 6.75. The maximum Gasteiger partial charge on any atom is 0.372 e. The second-order valence-corrected chi connectivity index (χ2v) is 8.47. The van der Waals surface area contributed by atoms with Crippen molar-refractivity contribution in [3.05, 3.63) is 29.3 Å². The molecular weight excluding hydrogens is 418 g/mol.